The number of hydrogen-bond donors (Lipinski definition) is 1. The summed E-state index contributed by atoms with van der Waals surface area (Å²) in [5.74, 6) is -0.627. The molecule has 2 rings (SSSR count). The summed E-state index contributed by atoms with van der Waals surface area (Å²) >= 11 is 5.36. The number of carbonyl (C=O) groups excluding carboxylic acids is 2. The van der Waals surface area contributed by atoms with Crippen LogP contribution in [0.1, 0.15) is 10.4 Å². The molecule has 0 heterocycles. The van der Waals surface area contributed by atoms with Gasteiger partial charge in [0.05, 0.1) is 6.54 Å². The van der Waals surface area contributed by atoms with Crippen molar-refractivity contribution in [3.63, 3.8) is 0 Å². The van der Waals surface area contributed by atoms with Gasteiger partial charge in [0.2, 0.25) is 5.91 Å². The van der Waals surface area contributed by atoms with Gasteiger partial charge < -0.3 is 5.32 Å². The van der Waals surface area contributed by atoms with Crippen LogP contribution in [-0.2, 0) is 4.79 Å². The largest absolute Gasteiger partial charge is 0.348 e. The highest BCUT2D eigenvalue weighted by Gasteiger charge is 2.08. The zero-order valence-corrected chi connectivity index (χ0v) is 11.6. The fourth-order valence-corrected chi connectivity index (χ4v) is 1.93. The summed E-state index contributed by atoms with van der Waals surface area (Å²) in [7, 11) is 0. The van der Waals surface area contributed by atoms with Gasteiger partial charge in [0.1, 0.15) is 5.88 Å². The highest BCUT2D eigenvalue weighted by molar-refractivity contribution is 6.27. The molecule has 0 aliphatic carbocycles. The summed E-state index contributed by atoms with van der Waals surface area (Å²) in [6.45, 7) is -0.0379. The van der Waals surface area contributed by atoms with E-state index in [9.17, 15) is 9.59 Å². The van der Waals surface area contributed by atoms with Gasteiger partial charge in [-0.1, -0.05) is 48.5 Å². The maximum atomic E-state index is 12.0. The summed E-state index contributed by atoms with van der Waals surface area (Å²) in [5, 5.41) is 2.47. The lowest BCUT2D eigenvalue weighted by molar-refractivity contribution is -0.118. The number of hydrogen-bond acceptors (Lipinski definition) is 2. The molecule has 0 saturated carbocycles. The first-order valence-corrected chi connectivity index (χ1v) is 6.75. The first-order valence-electron chi connectivity index (χ1n) is 6.22. The van der Waals surface area contributed by atoms with Crippen LogP contribution in [0.25, 0.3) is 11.1 Å². The molecule has 3 nitrogen and oxygen atoms in total. The van der Waals surface area contributed by atoms with E-state index in [1.54, 1.807) is 6.07 Å². The Hall–Kier alpha value is -2.13. The smallest absolute Gasteiger partial charge is 0.235 e. The van der Waals surface area contributed by atoms with E-state index < -0.39 is 0 Å². The van der Waals surface area contributed by atoms with Gasteiger partial charge in [-0.2, -0.15) is 0 Å². The Morgan fingerprint density at radius 2 is 1.65 bits per heavy atom. The number of alkyl halides is 1. The molecule has 1 N–H and O–H groups in total. The Morgan fingerprint density at radius 3 is 2.35 bits per heavy atom. The molecule has 0 spiro atoms. The first kappa shape index (κ1) is 14.3. The Labute approximate surface area is 122 Å². The Kier molecular flexibility index (Phi) is 4.91. The summed E-state index contributed by atoms with van der Waals surface area (Å²) in [6, 6.07) is 17.2. The average Bonchev–Trinajstić information content (AvgIpc) is 2.53. The fraction of sp³-hybridized carbons (Fsp3) is 0.125. The van der Waals surface area contributed by atoms with E-state index in [1.807, 2.05) is 48.5 Å². The molecule has 4 heteroatoms. The maximum Gasteiger partial charge on any atom is 0.235 e. The Morgan fingerprint density at radius 1 is 0.950 bits per heavy atom. The predicted octanol–water partition coefficient (Wildman–Crippen LogP) is 2.89. The van der Waals surface area contributed by atoms with E-state index in [4.69, 9.17) is 11.6 Å². The Bertz CT molecular complexity index is 611. The molecule has 0 aliphatic rings. The minimum Gasteiger partial charge on any atom is -0.348 e. The maximum absolute atomic E-state index is 12.0. The van der Waals surface area contributed by atoms with E-state index in [-0.39, 0.29) is 24.1 Å². The van der Waals surface area contributed by atoms with Crippen LogP contribution in [0.4, 0.5) is 0 Å². The number of ketones is 1. The number of benzene rings is 2. The number of halogens is 1. The number of carbonyl (C=O) groups is 2. The third-order valence-electron chi connectivity index (χ3n) is 2.86. The van der Waals surface area contributed by atoms with Crippen LogP contribution in [-0.4, -0.2) is 24.1 Å². The minimum atomic E-state index is -0.348. The third kappa shape index (κ3) is 3.68. The van der Waals surface area contributed by atoms with E-state index in [0.717, 1.165) is 11.1 Å². The number of amides is 1. The van der Waals surface area contributed by atoms with Gasteiger partial charge in [-0.05, 0) is 17.2 Å². The molecular weight excluding hydrogens is 274 g/mol. The van der Waals surface area contributed by atoms with E-state index in [0.29, 0.717) is 5.56 Å². The molecule has 0 aliphatic heterocycles. The lowest BCUT2D eigenvalue weighted by Crippen LogP contribution is -2.30. The minimum absolute atomic E-state index is 0.0379. The van der Waals surface area contributed by atoms with Crippen molar-refractivity contribution in [3.05, 3.63) is 60.2 Å². The molecule has 20 heavy (non-hydrogen) atoms. The van der Waals surface area contributed by atoms with Crippen LogP contribution < -0.4 is 5.32 Å². The molecule has 102 valence electrons. The lowest BCUT2D eigenvalue weighted by Gasteiger charge is -2.06. The van der Waals surface area contributed by atoms with Gasteiger partial charge in [-0.15, -0.1) is 11.6 Å². The second kappa shape index (κ2) is 6.87. The van der Waals surface area contributed by atoms with Crippen LogP contribution in [0, 0.1) is 0 Å². The van der Waals surface area contributed by atoms with Crippen LogP contribution in [0.15, 0.2) is 54.6 Å². The van der Waals surface area contributed by atoms with E-state index in [2.05, 4.69) is 5.32 Å². The summed E-state index contributed by atoms with van der Waals surface area (Å²) in [5.41, 5.74) is 2.59. The fourth-order valence-electron chi connectivity index (χ4n) is 1.83. The summed E-state index contributed by atoms with van der Waals surface area (Å²) in [6.07, 6.45) is 0. The zero-order valence-electron chi connectivity index (χ0n) is 10.8. The van der Waals surface area contributed by atoms with Crippen molar-refractivity contribution in [1.82, 2.24) is 5.32 Å². The molecule has 0 radical (unpaired) electrons. The van der Waals surface area contributed by atoms with Crippen molar-refractivity contribution >= 4 is 23.3 Å². The average molecular weight is 288 g/mol. The molecule has 1 amide bonds. The summed E-state index contributed by atoms with van der Waals surface area (Å²) < 4.78 is 0. The lowest BCUT2D eigenvalue weighted by atomic mass is 10.0. The third-order valence-corrected chi connectivity index (χ3v) is 3.10. The van der Waals surface area contributed by atoms with Gasteiger partial charge in [-0.25, -0.2) is 0 Å². The first-order chi connectivity index (χ1) is 9.70. The van der Waals surface area contributed by atoms with Crippen molar-refractivity contribution in [2.24, 2.45) is 0 Å². The second-order valence-corrected chi connectivity index (χ2v) is 4.55. The highest BCUT2D eigenvalue weighted by Crippen LogP contribution is 2.20. The van der Waals surface area contributed by atoms with Gasteiger partial charge in [0.15, 0.2) is 5.78 Å². The molecule has 0 bridgehead atoms. The zero-order chi connectivity index (χ0) is 14.4. The normalized spacial score (nSPS) is 10.1. The molecule has 0 aromatic heterocycles. The van der Waals surface area contributed by atoms with Crippen molar-refractivity contribution in [3.8, 4) is 11.1 Å². The van der Waals surface area contributed by atoms with Crippen molar-refractivity contribution in [2.45, 2.75) is 0 Å². The van der Waals surface area contributed by atoms with Gasteiger partial charge in [0.25, 0.3) is 0 Å². The van der Waals surface area contributed by atoms with Crippen molar-refractivity contribution in [1.29, 1.82) is 0 Å². The second-order valence-electron chi connectivity index (χ2n) is 4.28. The molecule has 0 saturated heterocycles. The number of nitrogens with one attached hydrogen (secondary N) is 1. The Balaban J connectivity index is 2.14. The van der Waals surface area contributed by atoms with Crippen molar-refractivity contribution in [2.75, 3.05) is 12.4 Å². The van der Waals surface area contributed by atoms with Gasteiger partial charge >= 0.3 is 0 Å². The molecule has 0 unspecified atom stereocenters. The van der Waals surface area contributed by atoms with E-state index >= 15 is 0 Å². The number of rotatable bonds is 5. The quantitative estimate of drug-likeness (QED) is 0.679. The van der Waals surface area contributed by atoms with Crippen LogP contribution in [0.3, 0.4) is 0 Å². The standard InChI is InChI=1S/C16H14ClNO2/c17-10-16(20)18-11-15(19)14-8-4-7-13(9-14)12-5-2-1-3-6-12/h1-9H,10-11H2,(H,18,20). The van der Waals surface area contributed by atoms with Crippen LogP contribution in [0.5, 0.6) is 0 Å². The molecule has 2 aromatic rings. The summed E-state index contributed by atoms with van der Waals surface area (Å²) in [4.78, 5) is 23.0. The predicted molar refractivity (Wildman–Crippen MR) is 79.9 cm³/mol. The topological polar surface area (TPSA) is 46.2 Å². The molecule has 0 fully saturated rings. The van der Waals surface area contributed by atoms with Crippen LogP contribution in [0.2, 0.25) is 0 Å². The number of Topliss-reactive ketones (excluding diaryl/α,β-unsaturated/α-hetero) is 1. The SMILES string of the molecule is O=C(CCl)NCC(=O)c1cccc(-c2ccccc2)c1. The van der Waals surface area contributed by atoms with Crippen LogP contribution >= 0.6 is 11.6 Å². The monoisotopic (exact) mass is 287 g/mol. The highest BCUT2D eigenvalue weighted by atomic mass is 35.5. The molecule has 2 aromatic carbocycles. The van der Waals surface area contributed by atoms with Crippen molar-refractivity contribution < 1.29 is 9.59 Å². The molecular formula is C16H14ClNO2. The van der Waals surface area contributed by atoms with E-state index in [1.165, 1.54) is 0 Å². The van der Waals surface area contributed by atoms with Gasteiger partial charge in [0, 0.05) is 5.56 Å². The van der Waals surface area contributed by atoms with Gasteiger partial charge in [-0.3, -0.25) is 9.59 Å². The molecule has 0 atom stereocenters.